The maximum atomic E-state index is 13.4. The van der Waals surface area contributed by atoms with Gasteiger partial charge < -0.3 is 14.6 Å². The topological polar surface area (TPSA) is 135 Å². The smallest absolute Gasteiger partial charge is 0.269 e. The molecule has 0 saturated carbocycles. The summed E-state index contributed by atoms with van der Waals surface area (Å²) in [5.41, 5.74) is 3.24. The van der Waals surface area contributed by atoms with Gasteiger partial charge in [-0.25, -0.2) is 4.68 Å². The molecule has 0 bridgehead atoms. The molecule has 192 valence electrons. The maximum Gasteiger partial charge on any atom is 0.269 e. The van der Waals surface area contributed by atoms with Crippen LogP contribution in [0.4, 0.5) is 11.4 Å². The number of non-ortho nitro benzene ring substituents is 1. The van der Waals surface area contributed by atoms with Gasteiger partial charge in [0.2, 0.25) is 0 Å². The van der Waals surface area contributed by atoms with Crippen LogP contribution >= 0.6 is 0 Å². The summed E-state index contributed by atoms with van der Waals surface area (Å²) in [6.07, 6.45) is 0. The SMILES string of the molecule is COCCn1nnnc1C(c1cc2ccc(C)cc2[nH]c1=O)N1CCN(c2ccc([N+](=O)[O-])cc2)CC1. The van der Waals surface area contributed by atoms with Crippen molar-refractivity contribution in [2.75, 3.05) is 44.8 Å². The monoisotopic (exact) mass is 504 g/mol. The van der Waals surface area contributed by atoms with Gasteiger partial charge in [-0.3, -0.25) is 19.8 Å². The molecule has 0 amide bonds. The standard InChI is InChI=1S/C25H28N8O4/c1-17-3-4-18-16-21(25(34)26-22(18)15-17)23(24-27-28-29-32(24)13-14-37-2)31-11-9-30(10-12-31)19-5-7-20(8-6-19)33(35)36/h3-8,15-16,23H,9-14H2,1-2H3,(H,26,34). The van der Waals surface area contributed by atoms with Crippen molar-refractivity contribution in [3.63, 3.8) is 0 Å². The van der Waals surface area contributed by atoms with Gasteiger partial charge in [0.1, 0.15) is 6.04 Å². The molecule has 2 aromatic carbocycles. The Morgan fingerprint density at radius 1 is 1.11 bits per heavy atom. The third-order valence-corrected chi connectivity index (χ3v) is 6.74. The summed E-state index contributed by atoms with van der Waals surface area (Å²) in [6.45, 7) is 5.53. The number of benzene rings is 2. The normalized spacial score (nSPS) is 15.2. The number of nitro benzene ring substituents is 1. The number of methoxy groups -OCH3 is 1. The average molecular weight is 505 g/mol. The number of nitrogens with one attached hydrogen (secondary N) is 1. The largest absolute Gasteiger partial charge is 0.383 e. The number of ether oxygens (including phenoxy) is 1. The lowest BCUT2D eigenvalue weighted by Gasteiger charge is -2.39. The van der Waals surface area contributed by atoms with Gasteiger partial charge in [0.15, 0.2) is 5.82 Å². The lowest BCUT2D eigenvalue weighted by molar-refractivity contribution is -0.384. The highest BCUT2D eigenvalue weighted by Crippen LogP contribution is 2.29. The first kappa shape index (κ1) is 24.5. The number of hydrogen-bond donors (Lipinski definition) is 1. The van der Waals surface area contributed by atoms with Crippen LogP contribution in [-0.4, -0.2) is 74.9 Å². The van der Waals surface area contributed by atoms with E-state index >= 15 is 0 Å². The van der Waals surface area contributed by atoms with Crippen LogP contribution in [0.5, 0.6) is 0 Å². The molecule has 0 spiro atoms. The first-order valence-electron chi connectivity index (χ1n) is 12.1. The zero-order valence-electron chi connectivity index (χ0n) is 20.7. The number of piperazine rings is 1. The summed E-state index contributed by atoms with van der Waals surface area (Å²) < 4.78 is 6.92. The Labute approximate surface area is 212 Å². The van der Waals surface area contributed by atoms with E-state index in [1.54, 1.807) is 23.9 Å². The van der Waals surface area contributed by atoms with Gasteiger partial charge in [0.25, 0.3) is 11.2 Å². The molecule has 37 heavy (non-hydrogen) atoms. The fourth-order valence-corrected chi connectivity index (χ4v) is 4.80. The van der Waals surface area contributed by atoms with Crippen molar-refractivity contribution in [1.29, 1.82) is 0 Å². The zero-order chi connectivity index (χ0) is 25.9. The Morgan fingerprint density at radius 3 is 2.57 bits per heavy atom. The van der Waals surface area contributed by atoms with Crippen LogP contribution in [-0.2, 0) is 11.3 Å². The van der Waals surface area contributed by atoms with Crippen molar-refractivity contribution < 1.29 is 9.66 Å². The lowest BCUT2D eigenvalue weighted by atomic mass is 10.0. The van der Waals surface area contributed by atoms with Crippen LogP contribution < -0.4 is 10.5 Å². The fourth-order valence-electron chi connectivity index (χ4n) is 4.80. The molecule has 1 atom stereocenters. The molecule has 0 radical (unpaired) electrons. The molecule has 5 rings (SSSR count). The third-order valence-electron chi connectivity index (χ3n) is 6.74. The summed E-state index contributed by atoms with van der Waals surface area (Å²) >= 11 is 0. The van der Waals surface area contributed by atoms with Crippen molar-refractivity contribution in [1.82, 2.24) is 30.1 Å². The lowest BCUT2D eigenvalue weighted by Crippen LogP contribution is -2.49. The zero-order valence-corrected chi connectivity index (χ0v) is 20.7. The molecule has 0 aliphatic carbocycles. The molecular weight excluding hydrogens is 476 g/mol. The van der Waals surface area contributed by atoms with Crippen molar-refractivity contribution in [3.8, 4) is 0 Å². The highest BCUT2D eigenvalue weighted by atomic mass is 16.6. The first-order chi connectivity index (χ1) is 17.9. The number of nitro groups is 1. The molecule has 12 nitrogen and oxygen atoms in total. The van der Waals surface area contributed by atoms with Gasteiger partial charge in [-0.1, -0.05) is 12.1 Å². The second kappa shape index (κ2) is 10.4. The van der Waals surface area contributed by atoms with Crippen molar-refractivity contribution >= 4 is 22.3 Å². The number of rotatable bonds is 8. The number of fused-ring (bicyclic) bond motifs is 1. The van der Waals surface area contributed by atoms with Gasteiger partial charge in [-0.2, -0.15) is 0 Å². The molecule has 4 aromatic rings. The second-order valence-corrected chi connectivity index (χ2v) is 9.10. The van der Waals surface area contributed by atoms with Crippen molar-refractivity contribution in [2.24, 2.45) is 0 Å². The van der Waals surface area contributed by atoms with E-state index in [0.29, 0.717) is 50.7 Å². The van der Waals surface area contributed by atoms with Crippen LogP contribution in [0.2, 0.25) is 0 Å². The fraction of sp³-hybridized carbons (Fsp3) is 0.360. The number of hydrogen-bond acceptors (Lipinski definition) is 9. The first-order valence-corrected chi connectivity index (χ1v) is 12.1. The molecule has 12 heteroatoms. The van der Waals surface area contributed by atoms with E-state index in [1.807, 2.05) is 31.2 Å². The number of tetrazole rings is 1. The molecule has 1 fully saturated rings. The Bertz CT molecular complexity index is 1460. The Balaban J connectivity index is 1.47. The number of aromatic nitrogens is 5. The van der Waals surface area contributed by atoms with Gasteiger partial charge in [0.05, 0.1) is 18.1 Å². The second-order valence-electron chi connectivity index (χ2n) is 9.10. The predicted octanol–water partition coefficient (Wildman–Crippen LogP) is 2.29. The Kier molecular flexibility index (Phi) is 6.93. The summed E-state index contributed by atoms with van der Waals surface area (Å²) in [5.74, 6) is 0.581. The number of aryl methyl sites for hydroxylation is 1. The minimum Gasteiger partial charge on any atom is -0.383 e. The Morgan fingerprint density at radius 2 is 1.86 bits per heavy atom. The van der Waals surface area contributed by atoms with Gasteiger partial charge in [-0.05, 0) is 52.6 Å². The summed E-state index contributed by atoms with van der Waals surface area (Å²) in [7, 11) is 1.62. The summed E-state index contributed by atoms with van der Waals surface area (Å²) in [5, 5.41) is 24.3. The average Bonchev–Trinajstić information content (AvgIpc) is 3.36. The van der Waals surface area contributed by atoms with Gasteiger partial charge >= 0.3 is 0 Å². The van der Waals surface area contributed by atoms with Gasteiger partial charge in [0, 0.05) is 62.2 Å². The molecule has 3 heterocycles. The minimum atomic E-state index is -0.458. The molecule has 2 aromatic heterocycles. The molecule has 1 unspecified atom stereocenters. The molecule has 1 aliphatic rings. The van der Waals surface area contributed by atoms with Crippen LogP contribution in [0.1, 0.15) is 23.0 Å². The van der Waals surface area contributed by atoms with Crippen molar-refractivity contribution in [3.05, 3.63) is 86.0 Å². The Hall–Kier alpha value is -4.16. The number of H-pyrrole nitrogens is 1. The van der Waals surface area contributed by atoms with Crippen LogP contribution in [0.3, 0.4) is 0 Å². The number of pyridine rings is 1. The number of aromatic amines is 1. The highest BCUT2D eigenvalue weighted by Gasteiger charge is 2.32. The van der Waals surface area contributed by atoms with E-state index < -0.39 is 11.0 Å². The predicted molar refractivity (Wildman–Crippen MR) is 138 cm³/mol. The van der Waals surface area contributed by atoms with E-state index in [0.717, 1.165) is 22.2 Å². The summed E-state index contributed by atoms with van der Waals surface area (Å²) in [6, 6.07) is 14.0. The van der Waals surface area contributed by atoms with E-state index in [4.69, 9.17) is 4.74 Å². The molecule has 1 saturated heterocycles. The quantitative estimate of drug-likeness (QED) is 0.283. The highest BCUT2D eigenvalue weighted by molar-refractivity contribution is 5.79. The van der Waals surface area contributed by atoms with Crippen LogP contribution in [0.25, 0.3) is 10.9 Å². The van der Waals surface area contributed by atoms with Gasteiger partial charge in [-0.15, -0.1) is 5.10 Å². The maximum absolute atomic E-state index is 13.4. The van der Waals surface area contributed by atoms with E-state index in [9.17, 15) is 14.9 Å². The molecular formula is C25H28N8O4. The number of anilines is 1. The van der Waals surface area contributed by atoms with Crippen molar-refractivity contribution in [2.45, 2.75) is 19.5 Å². The van der Waals surface area contributed by atoms with E-state index in [-0.39, 0.29) is 11.2 Å². The minimum absolute atomic E-state index is 0.0658. The third kappa shape index (κ3) is 5.06. The molecule has 1 N–H and O–H groups in total. The van der Waals surface area contributed by atoms with E-state index in [1.165, 1.54) is 12.1 Å². The number of nitrogens with zero attached hydrogens (tertiary/aromatic N) is 7. The summed E-state index contributed by atoms with van der Waals surface area (Å²) in [4.78, 5) is 31.4. The van der Waals surface area contributed by atoms with Crippen LogP contribution in [0, 0.1) is 17.0 Å². The molecule has 1 aliphatic heterocycles. The van der Waals surface area contributed by atoms with Crippen LogP contribution in [0.15, 0.2) is 53.3 Å². The van der Waals surface area contributed by atoms with E-state index in [2.05, 4.69) is 30.3 Å².